The lowest BCUT2D eigenvalue weighted by molar-refractivity contribution is -0.135. The van der Waals surface area contributed by atoms with Crippen LogP contribution < -0.4 is 14.8 Å². The number of carbonyl (C=O) groups is 1. The van der Waals surface area contributed by atoms with E-state index in [1.807, 2.05) is 18.2 Å². The predicted octanol–water partition coefficient (Wildman–Crippen LogP) is 2.73. The molecule has 96 valence electrons. The third kappa shape index (κ3) is 1.72. The molecule has 1 aromatic carbocycles. The summed E-state index contributed by atoms with van der Waals surface area (Å²) in [6.07, 6.45) is 4.88. The summed E-state index contributed by atoms with van der Waals surface area (Å²) < 4.78 is 11.2. The minimum atomic E-state index is -0.655. The maximum Gasteiger partial charge on any atom is 0.268 e. The van der Waals surface area contributed by atoms with Crippen molar-refractivity contribution in [3.05, 3.63) is 18.2 Å². The molecular formula is C14H17NO3. The van der Waals surface area contributed by atoms with Crippen molar-refractivity contribution in [2.75, 3.05) is 12.4 Å². The van der Waals surface area contributed by atoms with Gasteiger partial charge in [-0.1, -0.05) is 6.42 Å². The summed E-state index contributed by atoms with van der Waals surface area (Å²) in [5.74, 6) is 1.46. The van der Waals surface area contributed by atoms with Gasteiger partial charge >= 0.3 is 0 Å². The van der Waals surface area contributed by atoms with Gasteiger partial charge in [-0.05, 0) is 37.8 Å². The Morgan fingerprint density at radius 3 is 2.78 bits per heavy atom. The summed E-state index contributed by atoms with van der Waals surface area (Å²) in [5, 5.41) is 2.95. The van der Waals surface area contributed by atoms with E-state index in [0.29, 0.717) is 0 Å². The van der Waals surface area contributed by atoms with Gasteiger partial charge < -0.3 is 14.8 Å². The molecule has 0 radical (unpaired) electrons. The van der Waals surface area contributed by atoms with Crippen molar-refractivity contribution >= 4 is 11.6 Å². The standard InChI is InChI=1S/C14H17NO3/c1-17-10-5-6-11-12(9-10)18-14(13(16)15-11)7-3-2-4-8-14/h5-6,9H,2-4,7-8H2,1H3,(H,15,16). The Hall–Kier alpha value is -1.71. The van der Waals surface area contributed by atoms with E-state index >= 15 is 0 Å². The summed E-state index contributed by atoms with van der Waals surface area (Å²) in [4.78, 5) is 12.2. The molecular weight excluding hydrogens is 230 g/mol. The molecule has 3 rings (SSSR count). The lowest BCUT2D eigenvalue weighted by Crippen LogP contribution is -2.51. The zero-order chi connectivity index (χ0) is 12.6. The van der Waals surface area contributed by atoms with Crippen molar-refractivity contribution in [1.29, 1.82) is 0 Å². The summed E-state index contributed by atoms with van der Waals surface area (Å²) in [5.41, 5.74) is 0.0782. The van der Waals surface area contributed by atoms with Crippen LogP contribution in [0.5, 0.6) is 11.5 Å². The number of ether oxygens (including phenoxy) is 2. The molecule has 4 nitrogen and oxygen atoms in total. The Morgan fingerprint density at radius 2 is 2.06 bits per heavy atom. The van der Waals surface area contributed by atoms with Crippen molar-refractivity contribution < 1.29 is 14.3 Å². The van der Waals surface area contributed by atoms with E-state index < -0.39 is 5.60 Å². The Balaban J connectivity index is 1.96. The highest BCUT2D eigenvalue weighted by Gasteiger charge is 2.45. The number of fused-ring (bicyclic) bond motifs is 1. The average molecular weight is 247 g/mol. The van der Waals surface area contributed by atoms with Crippen molar-refractivity contribution in [3.8, 4) is 11.5 Å². The van der Waals surface area contributed by atoms with Gasteiger partial charge in [0.1, 0.15) is 11.5 Å². The Morgan fingerprint density at radius 1 is 1.28 bits per heavy atom. The molecule has 1 N–H and O–H groups in total. The molecule has 1 heterocycles. The van der Waals surface area contributed by atoms with E-state index in [-0.39, 0.29) is 5.91 Å². The molecule has 1 aromatic rings. The van der Waals surface area contributed by atoms with Crippen LogP contribution in [0.3, 0.4) is 0 Å². The van der Waals surface area contributed by atoms with E-state index in [1.54, 1.807) is 7.11 Å². The fraction of sp³-hybridized carbons (Fsp3) is 0.500. The average Bonchev–Trinajstić information content (AvgIpc) is 2.41. The van der Waals surface area contributed by atoms with Gasteiger partial charge in [-0.25, -0.2) is 0 Å². The van der Waals surface area contributed by atoms with Crippen molar-refractivity contribution in [3.63, 3.8) is 0 Å². The molecule has 1 aliphatic carbocycles. The number of anilines is 1. The van der Waals surface area contributed by atoms with E-state index in [2.05, 4.69) is 5.32 Å². The number of hydrogen-bond acceptors (Lipinski definition) is 3. The number of nitrogens with one attached hydrogen (secondary N) is 1. The van der Waals surface area contributed by atoms with E-state index in [1.165, 1.54) is 6.42 Å². The number of hydrogen-bond donors (Lipinski definition) is 1. The van der Waals surface area contributed by atoms with Gasteiger partial charge in [0.25, 0.3) is 5.91 Å². The van der Waals surface area contributed by atoms with Crippen molar-refractivity contribution in [2.45, 2.75) is 37.7 Å². The quantitative estimate of drug-likeness (QED) is 0.830. The van der Waals surface area contributed by atoms with Gasteiger partial charge in [0, 0.05) is 6.07 Å². The van der Waals surface area contributed by atoms with Crippen molar-refractivity contribution in [2.24, 2.45) is 0 Å². The zero-order valence-corrected chi connectivity index (χ0v) is 10.5. The minimum absolute atomic E-state index is 0.000123. The molecule has 0 aromatic heterocycles. The molecule has 1 fully saturated rings. The number of carbonyl (C=O) groups excluding carboxylic acids is 1. The highest BCUT2D eigenvalue weighted by molar-refractivity contribution is 6.00. The second-order valence-electron chi connectivity index (χ2n) is 4.97. The van der Waals surface area contributed by atoms with Gasteiger partial charge in [-0.15, -0.1) is 0 Å². The van der Waals surface area contributed by atoms with Crippen LogP contribution in [0, 0.1) is 0 Å². The second kappa shape index (κ2) is 4.19. The third-order valence-corrected chi connectivity index (χ3v) is 3.82. The fourth-order valence-corrected chi connectivity index (χ4v) is 2.76. The van der Waals surface area contributed by atoms with Crippen LogP contribution in [0.2, 0.25) is 0 Å². The zero-order valence-electron chi connectivity index (χ0n) is 10.5. The molecule has 1 amide bonds. The fourth-order valence-electron chi connectivity index (χ4n) is 2.76. The largest absolute Gasteiger partial charge is 0.497 e. The summed E-state index contributed by atoms with van der Waals surface area (Å²) >= 11 is 0. The second-order valence-corrected chi connectivity index (χ2v) is 4.97. The summed E-state index contributed by atoms with van der Waals surface area (Å²) in [7, 11) is 1.62. The highest BCUT2D eigenvalue weighted by atomic mass is 16.5. The maximum atomic E-state index is 12.2. The number of amides is 1. The smallest absolute Gasteiger partial charge is 0.268 e. The van der Waals surface area contributed by atoms with Crippen LogP contribution in [-0.2, 0) is 4.79 Å². The monoisotopic (exact) mass is 247 g/mol. The molecule has 2 aliphatic rings. The molecule has 1 aliphatic heterocycles. The molecule has 1 spiro atoms. The van der Waals surface area contributed by atoms with Gasteiger partial charge in [-0.2, -0.15) is 0 Å². The van der Waals surface area contributed by atoms with Gasteiger partial charge in [0.15, 0.2) is 5.60 Å². The van der Waals surface area contributed by atoms with E-state index in [4.69, 9.17) is 9.47 Å². The lowest BCUT2D eigenvalue weighted by Gasteiger charge is -2.39. The minimum Gasteiger partial charge on any atom is -0.497 e. The first-order valence-electron chi connectivity index (χ1n) is 6.42. The third-order valence-electron chi connectivity index (χ3n) is 3.82. The first-order valence-corrected chi connectivity index (χ1v) is 6.42. The number of benzene rings is 1. The molecule has 1 saturated carbocycles. The summed E-state index contributed by atoms with van der Waals surface area (Å²) in [6.45, 7) is 0. The van der Waals surface area contributed by atoms with Crippen molar-refractivity contribution in [1.82, 2.24) is 0 Å². The number of rotatable bonds is 1. The first-order chi connectivity index (χ1) is 8.73. The molecule has 18 heavy (non-hydrogen) atoms. The maximum absolute atomic E-state index is 12.2. The Bertz CT molecular complexity index is 478. The topological polar surface area (TPSA) is 47.6 Å². The first kappa shape index (κ1) is 11.4. The molecule has 0 saturated heterocycles. The molecule has 4 heteroatoms. The van der Waals surface area contributed by atoms with Crippen LogP contribution >= 0.6 is 0 Å². The van der Waals surface area contributed by atoms with E-state index in [9.17, 15) is 4.79 Å². The Kier molecular flexibility index (Phi) is 2.65. The van der Waals surface area contributed by atoms with Crippen LogP contribution in [0.4, 0.5) is 5.69 Å². The molecule has 0 unspecified atom stereocenters. The van der Waals surface area contributed by atoms with Crippen LogP contribution in [0.25, 0.3) is 0 Å². The summed E-state index contributed by atoms with van der Waals surface area (Å²) in [6, 6.07) is 5.48. The van der Waals surface area contributed by atoms with E-state index in [0.717, 1.165) is 42.9 Å². The predicted molar refractivity (Wildman–Crippen MR) is 68.1 cm³/mol. The van der Waals surface area contributed by atoms with Crippen LogP contribution in [0.1, 0.15) is 32.1 Å². The van der Waals surface area contributed by atoms with Gasteiger partial charge in [0.05, 0.1) is 12.8 Å². The SMILES string of the molecule is COc1ccc2c(c1)OC1(CCCCC1)C(=O)N2. The highest BCUT2D eigenvalue weighted by Crippen LogP contribution is 2.42. The lowest BCUT2D eigenvalue weighted by atomic mass is 9.83. The molecule has 0 bridgehead atoms. The normalized spacial score (nSPS) is 20.8. The van der Waals surface area contributed by atoms with Gasteiger partial charge in [-0.3, -0.25) is 4.79 Å². The molecule has 0 atom stereocenters. The van der Waals surface area contributed by atoms with Crippen LogP contribution in [-0.4, -0.2) is 18.6 Å². The van der Waals surface area contributed by atoms with Gasteiger partial charge in [0.2, 0.25) is 0 Å². The Labute approximate surface area is 106 Å². The van der Waals surface area contributed by atoms with Crippen LogP contribution in [0.15, 0.2) is 18.2 Å². The number of methoxy groups -OCH3 is 1.